The van der Waals surface area contributed by atoms with Gasteiger partial charge in [0.1, 0.15) is 6.61 Å². The molecule has 0 bridgehead atoms. The van der Waals surface area contributed by atoms with Crippen LogP contribution in [0.4, 0.5) is 0 Å². The van der Waals surface area contributed by atoms with E-state index in [1.165, 1.54) is 0 Å². The Labute approximate surface area is 137 Å². The van der Waals surface area contributed by atoms with E-state index in [9.17, 15) is 4.79 Å². The van der Waals surface area contributed by atoms with Gasteiger partial charge in [-0.3, -0.25) is 0 Å². The van der Waals surface area contributed by atoms with Gasteiger partial charge in [0.05, 0.1) is 5.56 Å². The Morgan fingerprint density at radius 2 is 1.70 bits per heavy atom. The molecule has 0 fully saturated rings. The zero-order valence-corrected chi connectivity index (χ0v) is 13.7. The van der Waals surface area contributed by atoms with E-state index in [1.54, 1.807) is 0 Å². The topological polar surface area (TPSA) is 78.3 Å². The van der Waals surface area contributed by atoms with Gasteiger partial charge in [0.2, 0.25) is 0 Å². The number of hydrogen-bond donors (Lipinski definition) is 2. The highest BCUT2D eigenvalue weighted by atomic mass is 16.5. The lowest BCUT2D eigenvalue weighted by molar-refractivity contribution is 0.0472. The van der Waals surface area contributed by atoms with Gasteiger partial charge >= 0.3 is 5.97 Å². The Kier molecular flexibility index (Phi) is 5.90. The fourth-order valence-corrected chi connectivity index (χ4v) is 2.52. The molecule has 4 nitrogen and oxygen atoms in total. The Hall–Kier alpha value is -2.17. The van der Waals surface area contributed by atoms with E-state index in [1.807, 2.05) is 56.3 Å². The molecule has 0 heterocycles. The van der Waals surface area contributed by atoms with Crippen molar-refractivity contribution in [3.05, 3.63) is 70.3 Å². The van der Waals surface area contributed by atoms with E-state index >= 15 is 0 Å². The van der Waals surface area contributed by atoms with Crippen molar-refractivity contribution < 1.29 is 9.53 Å². The van der Waals surface area contributed by atoms with Crippen molar-refractivity contribution in [3.8, 4) is 0 Å². The van der Waals surface area contributed by atoms with E-state index in [4.69, 9.17) is 16.2 Å². The van der Waals surface area contributed by atoms with Crippen LogP contribution in [0.5, 0.6) is 0 Å². The van der Waals surface area contributed by atoms with E-state index in [2.05, 4.69) is 0 Å². The normalized spacial score (nSPS) is 10.8. The summed E-state index contributed by atoms with van der Waals surface area (Å²) in [5.74, 6) is -0.129. The first-order valence-corrected chi connectivity index (χ1v) is 7.78. The van der Waals surface area contributed by atoms with Gasteiger partial charge < -0.3 is 16.2 Å². The molecule has 0 amide bonds. The summed E-state index contributed by atoms with van der Waals surface area (Å²) in [6.07, 6.45) is 0. The van der Waals surface area contributed by atoms with Crippen molar-refractivity contribution in [2.75, 3.05) is 13.1 Å². The molecule has 0 aliphatic heterocycles. The first kappa shape index (κ1) is 17.2. The van der Waals surface area contributed by atoms with Crippen molar-refractivity contribution in [3.63, 3.8) is 0 Å². The molecule has 4 heteroatoms. The summed E-state index contributed by atoms with van der Waals surface area (Å²) >= 11 is 0. The number of aryl methyl sites for hydroxylation is 2. The first-order chi connectivity index (χ1) is 11.0. The van der Waals surface area contributed by atoms with Crippen molar-refractivity contribution in [1.29, 1.82) is 0 Å². The molecule has 2 rings (SSSR count). The van der Waals surface area contributed by atoms with Crippen LogP contribution in [0, 0.1) is 13.8 Å². The van der Waals surface area contributed by atoms with Crippen LogP contribution in [0.25, 0.3) is 0 Å². The molecule has 0 unspecified atom stereocenters. The summed E-state index contributed by atoms with van der Waals surface area (Å²) in [7, 11) is 0. The van der Waals surface area contributed by atoms with Crippen LogP contribution >= 0.6 is 0 Å². The lowest BCUT2D eigenvalue weighted by atomic mass is 9.98. The van der Waals surface area contributed by atoms with E-state index in [0.29, 0.717) is 18.7 Å². The van der Waals surface area contributed by atoms with Crippen LogP contribution < -0.4 is 11.5 Å². The smallest absolute Gasteiger partial charge is 0.338 e. The largest absolute Gasteiger partial charge is 0.457 e. The number of hydrogen-bond acceptors (Lipinski definition) is 4. The summed E-state index contributed by atoms with van der Waals surface area (Å²) < 4.78 is 5.40. The summed E-state index contributed by atoms with van der Waals surface area (Å²) in [6, 6.07) is 13.6. The number of carbonyl (C=O) groups excluding carboxylic acids is 1. The Bertz CT molecular complexity index is 662. The Morgan fingerprint density at radius 1 is 1.04 bits per heavy atom. The molecule has 0 aliphatic carbocycles. The van der Waals surface area contributed by atoms with Crippen LogP contribution in [-0.2, 0) is 11.3 Å². The number of ether oxygens (including phenoxy) is 1. The van der Waals surface area contributed by atoms with Gasteiger partial charge in [0, 0.05) is 19.0 Å². The second-order valence-electron chi connectivity index (χ2n) is 5.80. The van der Waals surface area contributed by atoms with Gasteiger partial charge in [-0.15, -0.1) is 0 Å². The minimum atomic E-state index is -0.298. The lowest BCUT2D eigenvalue weighted by Crippen LogP contribution is -2.21. The fourth-order valence-electron chi connectivity index (χ4n) is 2.52. The molecule has 122 valence electrons. The second kappa shape index (κ2) is 7.90. The molecular weight excluding hydrogens is 288 g/mol. The minimum Gasteiger partial charge on any atom is -0.457 e. The van der Waals surface area contributed by atoms with Crippen LogP contribution in [-0.4, -0.2) is 19.1 Å². The maximum atomic E-state index is 12.2. The maximum absolute atomic E-state index is 12.2. The Balaban J connectivity index is 1.99. The average Bonchev–Trinajstić information content (AvgIpc) is 2.55. The van der Waals surface area contributed by atoms with Crippen LogP contribution in [0.2, 0.25) is 0 Å². The molecule has 0 aromatic heterocycles. The molecule has 0 spiro atoms. The summed E-state index contributed by atoms with van der Waals surface area (Å²) in [4.78, 5) is 12.2. The molecule has 23 heavy (non-hydrogen) atoms. The standard InChI is InChI=1S/C19H24N2O2/c1-13-3-8-18(14(2)9-13)19(22)23-12-15-4-6-16(7-5-15)17(10-20)11-21/h3-9,17H,10-12,20-21H2,1-2H3. The zero-order chi connectivity index (χ0) is 16.8. The third-order valence-electron chi connectivity index (χ3n) is 3.99. The third-order valence-corrected chi connectivity index (χ3v) is 3.99. The number of rotatable bonds is 6. The summed E-state index contributed by atoms with van der Waals surface area (Å²) in [5, 5.41) is 0. The van der Waals surface area contributed by atoms with Gasteiger partial charge in [-0.2, -0.15) is 0 Å². The second-order valence-corrected chi connectivity index (χ2v) is 5.80. The number of esters is 1. The highest BCUT2D eigenvalue weighted by Crippen LogP contribution is 2.16. The van der Waals surface area contributed by atoms with E-state index < -0.39 is 0 Å². The van der Waals surface area contributed by atoms with Crippen LogP contribution in [0.1, 0.15) is 38.5 Å². The molecule has 0 saturated carbocycles. The highest BCUT2D eigenvalue weighted by Gasteiger charge is 2.11. The SMILES string of the molecule is Cc1ccc(C(=O)OCc2ccc(C(CN)CN)cc2)c(C)c1. The van der Waals surface area contributed by atoms with E-state index in [0.717, 1.165) is 22.3 Å². The molecule has 0 radical (unpaired) electrons. The van der Waals surface area contributed by atoms with Crippen molar-refractivity contribution in [2.24, 2.45) is 11.5 Å². The third kappa shape index (κ3) is 4.41. The highest BCUT2D eigenvalue weighted by molar-refractivity contribution is 5.91. The molecule has 0 aliphatic rings. The quantitative estimate of drug-likeness (QED) is 0.804. The van der Waals surface area contributed by atoms with Crippen LogP contribution in [0.15, 0.2) is 42.5 Å². The van der Waals surface area contributed by atoms with Gasteiger partial charge in [-0.05, 0) is 36.6 Å². The van der Waals surface area contributed by atoms with Crippen molar-refractivity contribution in [2.45, 2.75) is 26.4 Å². The Morgan fingerprint density at radius 3 is 2.26 bits per heavy atom. The number of carbonyl (C=O) groups is 1. The zero-order valence-electron chi connectivity index (χ0n) is 13.7. The fraction of sp³-hybridized carbons (Fsp3) is 0.316. The maximum Gasteiger partial charge on any atom is 0.338 e. The van der Waals surface area contributed by atoms with Gasteiger partial charge in [0.15, 0.2) is 0 Å². The predicted molar refractivity (Wildman–Crippen MR) is 92.3 cm³/mol. The number of benzene rings is 2. The monoisotopic (exact) mass is 312 g/mol. The predicted octanol–water partition coefficient (Wildman–Crippen LogP) is 2.66. The number of nitrogens with two attached hydrogens (primary N) is 2. The van der Waals surface area contributed by atoms with Gasteiger partial charge in [0.25, 0.3) is 0 Å². The van der Waals surface area contributed by atoms with Gasteiger partial charge in [-0.1, -0.05) is 42.0 Å². The van der Waals surface area contributed by atoms with Gasteiger partial charge in [-0.25, -0.2) is 4.79 Å². The molecule has 0 atom stereocenters. The molecular formula is C19H24N2O2. The van der Waals surface area contributed by atoms with Crippen molar-refractivity contribution in [1.82, 2.24) is 0 Å². The minimum absolute atomic E-state index is 0.168. The summed E-state index contributed by atoms with van der Waals surface area (Å²) in [5.41, 5.74) is 16.1. The van der Waals surface area contributed by atoms with Crippen LogP contribution in [0.3, 0.4) is 0 Å². The van der Waals surface area contributed by atoms with Crippen molar-refractivity contribution >= 4 is 5.97 Å². The first-order valence-electron chi connectivity index (χ1n) is 7.78. The molecule has 4 N–H and O–H groups in total. The molecule has 2 aromatic rings. The molecule has 0 saturated heterocycles. The summed E-state index contributed by atoms with van der Waals surface area (Å²) in [6.45, 7) is 5.22. The van der Waals surface area contributed by atoms with E-state index in [-0.39, 0.29) is 18.5 Å². The lowest BCUT2D eigenvalue weighted by Gasteiger charge is -2.13. The average molecular weight is 312 g/mol. The molecule has 2 aromatic carbocycles.